The average molecular weight is 315 g/mol. The minimum absolute atomic E-state index is 0.136. The summed E-state index contributed by atoms with van der Waals surface area (Å²) in [7, 11) is 1.95. The summed E-state index contributed by atoms with van der Waals surface area (Å²) in [5, 5.41) is 14.1. The van der Waals surface area contributed by atoms with Crippen molar-refractivity contribution in [3.63, 3.8) is 0 Å². The fourth-order valence-electron chi connectivity index (χ4n) is 2.25. The molecule has 1 aromatic carbocycles. The Hall–Kier alpha value is -0.940. The van der Waals surface area contributed by atoms with Crippen molar-refractivity contribution >= 4 is 21.6 Å². The number of benzene rings is 1. The van der Waals surface area contributed by atoms with E-state index in [1.807, 2.05) is 13.1 Å². The van der Waals surface area contributed by atoms with E-state index in [9.17, 15) is 10.1 Å². The molecule has 0 aromatic heterocycles. The zero-order chi connectivity index (χ0) is 13.7. The third-order valence-electron chi connectivity index (χ3n) is 3.29. The van der Waals surface area contributed by atoms with Crippen LogP contribution < -0.4 is 5.32 Å². The second-order valence-corrected chi connectivity index (χ2v) is 5.29. The molecule has 100 valence electrons. The smallest absolute Gasteiger partial charge is 0.283 e. The summed E-state index contributed by atoms with van der Waals surface area (Å²) in [5.41, 5.74) is 1.13. The van der Waals surface area contributed by atoms with Crippen LogP contribution in [0.3, 0.4) is 0 Å². The molecule has 0 amide bonds. The maximum Gasteiger partial charge on any atom is 0.283 e. The minimum Gasteiger partial charge on any atom is -0.317 e. The Morgan fingerprint density at radius 3 is 2.67 bits per heavy atom. The second kappa shape index (κ2) is 6.85. The van der Waals surface area contributed by atoms with Gasteiger partial charge in [0.05, 0.1) is 9.40 Å². The topological polar surface area (TPSA) is 55.2 Å². The van der Waals surface area contributed by atoms with Crippen molar-refractivity contribution in [3.8, 4) is 0 Å². The highest BCUT2D eigenvalue weighted by Crippen LogP contribution is 2.30. The van der Waals surface area contributed by atoms with Crippen LogP contribution in [0.5, 0.6) is 0 Å². The molecule has 1 rings (SSSR count). The van der Waals surface area contributed by atoms with Crippen LogP contribution in [0, 0.1) is 16.0 Å². The lowest BCUT2D eigenvalue weighted by Gasteiger charge is -2.22. The van der Waals surface area contributed by atoms with E-state index in [2.05, 4.69) is 35.1 Å². The van der Waals surface area contributed by atoms with E-state index < -0.39 is 0 Å². The summed E-state index contributed by atoms with van der Waals surface area (Å²) in [4.78, 5) is 10.5. The molecule has 0 saturated carbocycles. The van der Waals surface area contributed by atoms with E-state index in [-0.39, 0.29) is 10.6 Å². The van der Waals surface area contributed by atoms with E-state index in [1.54, 1.807) is 6.07 Å². The van der Waals surface area contributed by atoms with Crippen molar-refractivity contribution in [1.29, 1.82) is 0 Å². The number of hydrogen-bond acceptors (Lipinski definition) is 3. The van der Waals surface area contributed by atoms with Gasteiger partial charge in [-0.3, -0.25) is 10.1 Å². The number of hydrogen-bond donors (Lipinski definition) is 1. The Labute approximate surface area is 116 Å². The molecule has 0 heterocycles. The first-order valence-electron chi connectivity index (χ1n) is 6.10. The van der Waals surface area contributed by atoms with Gasteiger partial charge in [0.25, 0.3) is 5.69 Å². The van der Waals surface area contributed by atoms with Gasteiger partial charge in [0.15, 0.2) is 0 Å². The molecule has 0 spiro atoms. The summed E-state index contributed by atoms with van der Waals surface area (Å²) in [5.74, 6) is 0.429. The molecule has 5 heteroatoms. The molecule has 0 radical (unpaired) electrons. The van der Waals surface area contributed by atoms with Crippen LogP contribution >= 0.6 is 15.9 Å². The standard InChI is InChI=1S/C13H19BrN2O2/c1-4-11(15-3)9(2)8-10-6-5-7-12(13(10)14)16(17)18/h5-7,9,11,15H,4,8H2,1-3H3. The fraction of sp³-hybridized carbons (Fsp3) is 0.538. The zero-order valence-electron chi connectivity index (χ0n) is 10.9. The molecule has 2 atom stereocenters. The Morgan fingerprint density at radius 2 is 2.17 bits per heavy atom. The lowest BCUT2D eigenvalue weighted by molar-refractivity contribution is -0.385. The average Bonchev–Trinajstić information content (AvgIpc) is 2.33. The molecule has 18 heavy (non-hydrogen) atoms. The van der Waals surface area contributed by atoms with E-state index >= 15 is 0 Å². The summed E-state index contributed by atoms with van der Waals surface area (Å²) in [6, 6.07) is 5.63. The first-order valence-corrected chi connectivity index (χ1v) is 6.89. The third-order valence-corrected chi connectivity index (χ3v) is 4.21. The number of nitrogens with one attached hydrogen (secondary N) is 1. The second-order valence-electron chi connectivity index (χ2n) is 4.49. The van der Waals surface area contributed by atoms with Crippen molar-refractivity contribution in [3.05, 3.63) is 38.3 Å². The van der Waals surface area contributed by atoms with Crippen molar-refractivity contribution in [2.24, 2.45) is 5.92 Å². The Bertz CT molecular complexity index is 419. The number of rotatable bonds is 6. The number of halogens is 1. The normalized spacial score (nSPS) is 14.2. The summed E-state index contributed by atoms with van der Waals surface area (Å²) in [6.07, 6.45) is 1.87. The Morgan fingerprint density at radius 1 is 1.50 bits per heavy atom. The molecule has 0 aliphatic heterocycles. The molecule has 0 fully saturated rings. The molecule has 0 aliphatic carbocycles. The predicted octanol–water partition coefficient (Wildman–Crippen LogP) is 3.53. The molecule has 0 aliphatic rings. The van der Waals surface area contributed by atoms with Crippen molar-refractivity contribution in [2.75, 3.05) is 7.05 Å². The largest absolute Gasteiger partial charge is 0.317 e. The molecular weight excluding hydrogens is 296 g/mol. The van der Waals surface area contributed by atoms with Gasteiger partial charge in [0.1, 0.15) is 0 Å². The Kier molecular flexibility index (Phi) is 5.75. The van der Waals surface area contributed by atoms with E-state index in [0.29, 0.717) is 16.4 Å². The third kappa shape index (κ3) is 3.53. The van der Waals surface area contributed by atoms with Crippen LogP contribution in [-0.2, 0) is 6.42 Å². The first-order chi connectivity index (χ1) is 8.51. The van der Waals surface area contributed by atoms with Crippen LogP contribution in [0.25, 0.3) is 0 Å². The summed E-state index contributed by atoms with van der Waals surface area (Å²) < 4.78 is 0.604. The van der Waals surface area contributed by atoms with Gasteiger partial charge in [-0.25, -0.2) is 0 Å². The summed E-state index contributed by atoms with van der Waals surface area (Å²) >= 11 is 3.34. The lowest BCUT2D eigenvalue weighted by Crippen LogP contribution is -2.32. The van der Waals surface area contributed by atoms with Crippen LogP contribution in [-0.4, -0.2) is 18.0 Å². The van der Waals surface area contributed by atoms with Crippen LogP contribution in [0.15, 0.2) is 22.7 Å². The molecule has 1 N–H and O–H groups in total. The highest BCUT2D eigenvalue weighted by Gasteiger charge is 2.19. The van der Waals surface area contributed by atoms with Crippen molar-refractivity contribution < 1.29 is 4.92 Å². The molecule has 0 bridgehead atoms. The molecule has 0 saturated heterocycles. The highest BCUT2D eigenvalue weighted by atomic mass is 79.9. The number of nitro benzene ring substituents is 1. The van der Waals surface area contributed by atoms with Gasteiger partial charge in [0, 0.05) is 12.1 Å². The number of nitro groups is 1. The quantitative estimate of drug-likeness (QED) is 0.645. The molecule has 1 aromatic rings. The molecule has 2 unspecified atom stereocenters. The Balaban J connectivity index is 2.91. The molecule has 4 nitrogen and oxygen atoms in total. The van der Waals surface area contributed by atoms with E-state index in [4.69, 9.17) is 0 Å². The maximum absolute atomic E-state index is 10.9. The summed E-state index contributed by atoms with van der Waals surface area (Å²) in [6.45, 7) is 4.30. The van der Waals surface area contributed by atoms with Crippen LogP contribution in [0.4, 0.5) is 5.69 Å². The van der Waals surface area contributed by atoms with Crippen molar-refractivity contribution in [1.82, 2.24) is 5.32 Å². The zero-order valence-corrected chi connectivity index (χ0v) is 12.5. The van der Waals surface area contributed by atoms with E-state index in [1.165, 1.54) is 6.07 Å². The van der Waals surface area contributed by atoms with Gasteiger partial charge < -0.3 is 5.32 Å². The lowest BCUT2D eigenvalue weighted by atomic mass is 9.92. The highest BCUT2D eigenvalue weighted by molar-refractivity contribution is 9.10. The SMILES string of the molecule is CCC(NC)C(C)Cc1cccc([N+](=O)[O-])c1Br. The van der Waals surface area contributed by atoms with Crippen LogP contribution in [0.1, 0.15) is 25.8 Å². The van der Waals surface area contributed by atoms with Gasteiger partial charge in [-0.05, 0) is 47.3 Å². The molecular formula is C13H19BrN2O2. The van der Waals surface area contributed by atoms with E-state index in [0.717, 1.165) is 18.4 Å². The minimum atomic E-state index is -0.354. The van der Waals surface area contributed by atoms with Gasteiger partial charge in [-0.1, -0.05) is 26.0 Å². The fourth-order valence-corrected chi connectivity index (χ4v) is 2.82. The van der Waals surface area contributed by atoms with Gasteiger partial charge in [0.2, 0.25) is 0 Å². The number of nitrogens with zero attached hydrogens (tertiary/aromatic N) is 1. The van der Waals surface area contributed by atoms with Gasteiger partial charge in [-0.15, -0.1) is 0 Å². The van der Waals surface area contributed by atoms with Crippen LogP contribution in [0.2, 0.25) is 0 Å². The van der Waals surface area contributed by atoms with Crippen molar-refractivity contribution in [2.45, 2.75) is 32.7 Å². The van der Waals surface area contributed by atoms with Gasteiger partial charge >= 0.3 is 0 Å². The predicted molar refractivity (Wildman–Crippen MR) is 76.8 cm³/mol. The first kappa shape index (κ1) is 15.1. The maximum atomic E-state index is 10.9. The van der Waals surface area contributed by atoms with Gasteiger partial charge in [-0.2, -0.15) is 0 Å². The monoisotopic (exact) mass is 314 g/mol.